The summed E-state index contributed by atoms with van der Waals surface area (Å²) in [5.74, 6) is 0.924. The van der Waals surface area contributed by atoms with Crippen LogP contribution in [-0.2, 0) is 4.79 Å². The van der Waals surface area contributed by atoms with Gasteiger partial charge < -0.3 is 5.32 Å². The van der Waals surface area contributed by atoms with Gasteiger partial charge in [-0.2, -0.15) is 12.6 Å². The number of carbonyl (C=O) groups is 1. The van der Waals surface area contributed by atoms with E-state index in [2.05, 4.69) is 31.8 Å². The molecule has 0 heterocycles. The summed E-state index contributed by atoms with van der Waals surface area (Å²) < 4.78 is 0. The van der Waals surface area contributed by atoms with Crippen molar-refractivity contribution in [1.82, 2.24) is 0 Å². The SMILES string of the molecule is Cc1ccc(NC(=O)CC2(CS)CC2)cc1C. The summed E-state index contributed by atoms with van der Waals surface area (Å²) in [4.78, 5) is 11.9. The van der Waals surface area contributed by atoms with Crippen LogP contribution in [0.5, 0.6) is 0 Å². The van der Waals surface area contributed by atoms with Gasteiger partial charge in [0.15, 0.2) is 0 Å². The van der Waals surface area contributed by atoms with Crippen molar-refractivity contribution in [3.63, 3.8) is 0 Å². The lowest BCUT2D eigenvalue weighted by atomic mass is 10.0. The van der Waals surface area contributed by atoms with Crippen molar-refractivity contribution < 1.29 is 4.79 Å². The van der Waals surface area contributed by atoms with Gasteiger partial charge in [0.2, 0.25) is 5.91 Å². The lowest BCUT2D eigenvalue weighted by Crippen LogP contribution is -2.18. The number of rotatable bonds is 4. The summed E-state index contributed by atoms with van der Waals surface area (Å²) in [7, 11) is 0. The van der Waals surface area contributed by atoms with E-state index in [0.717, 1.165) is 24.3 Å². The summed E-state index contributed by atoms with van der Waals surface area (Å²) in [6.45, 7) is 4.13. The van der Waals surface area contributed by atoms with Gasteiger partial charge in [0, 0.05) is 12.1 Å². The molecule has 1 aliphatic carbocycles. The van der Waals surface area contributed by atoms with Crippen molar-refractivity contribution in [2.75, 3.05) is 11.1 Å². The first kappa shape index (κ1) is 12.5. The molecular weight excluding hydrogens is 230 g/mol. The second-order valence-electron chi connectivity index (χ2n) is 5.18. The normalized spacial score (nSPS) is 16.6. The van der Waals surface area contributed by atoms with E-state index >= 15 is 0 Å². The standard InChI is InChI=1S/C14H19NOS/c1-10-3-4-12(7-11(10)2)15-13(16)8-14(9-17)5-6-14/h3-4,7,17H,5-6,8-9H2,1-2H3,(H,15,16). The Morgan fingerprint density at radius 2 is 2.06 bits per heavy atom. The third kappa shape index (κ3) is 3.03. The molecule has 1 N–H and O–H groups in total. The molecular formula is C14H19NOS. The van der Waals surface area contributed by atoms with E-state index in [1.165, 1.54) is 11.1 Å². The zero-order valence-corrected chi connectivity index (χ0v) is 11.3. The maximum Gasteiger partial charge on any atom is 0.224 e. The first-order chi connectivity index (χ1) is 8.04. The van der Waals surface area contributed by atoms with Gasteiger partial charge in [-0.3, -0.25) is 4.79 Å². The molecule has 0 bridgehead atoms. The van der Waals surface area contributed by atoms with Gasteiger partial charge in [-0.1, -0.05) is 6.07 Å². The first-order valence-corrected chi connectivity index (χ1v) is 6.66. The van der Waals surface area contributed by atoms with Crippen LogP contribution in [0.2, 0.25) is 0 Å². The van der Waals surface area contributed by atoms with Crippen molar-refractivity contribution in [3.05, 3.63) is 29.3 Å². The second kappa shape index (κ2) is 4.73. The van der Waals surface area contributed by atoms with Crippen LogP contribution in [0.1, 0.15) is 30.4 Å². The molecule has 1 amide bonds. The molecule has 92 valence electrons. The molecule has 1 aromatic rings. The van der Waals surface area contributed by atoms with E-state index in [1.807, 2.05) is 18.2 Å². The van der Waals surface area contributed by atoms with E-state index in [1.54, 1.807) is 0 Å². The highest BCUT2D eigenvalue weighted by atomic mass is 32.1. The van der Waals surface area contributed by atoms with Crippen molar-refractivity contribution in [3.8, 4) is 0 Å². The molecule has 1 aliphatic rings. The van der Waals surface area contributed by atoms with Gasteiger partial charge in [0.25, 0.3) is 0 Å². The minimum atomic E-state index is 0.111. The maximum absolute atomic E-state index is 11.9. The third-order valence-corrected chi connectivity index (χ3v) is 4.29. The van der Waals surface area contributed by atoms with Crippen LogP contribution in [0.4, 0.5) is 5.69 Å². The van der Waals surface area contributed by atoms with Gasteiger partial charge in [-0.15, -0.1) is 0 Å². The summed E-state index contributed by atoms with van der Waals surface area (Å²) in [5, 5.41) is 2.97. The van der Waals surface area contributed by atoms with Crippen LogP contribution >= 0.6 is 12.6 Å². The number of thiol groups is 1. The van der Waals surface area contributed by atoms with Crippen molar-refractivity contribution in [2.45, 2.75) is 33.1 Å². The average molecular weight is 249 g/mol. The molecule has 2 rings (SSSR count). The Hall–Kier alpha value is -0.960. The maximum atomic E-state index is 11.9. The van der Waals surface area contributed by atoms with Crippen LogP contribution in [0.25, 0.3) is 0 Å². The number of nitrogens with one attached hydrogen (secondary N) is 1. The van der Waals surface area contributed by atoms with Crippen LogP contribution in [0.15, 0.2) is 18.2 Å². The quantitative estimate of drug-likeness (QED) is 0.787. The van der Waals surface area contributed by atoms with Gasteiger partial charge in [-0.05, 0) is 61.1 Å². The first-order valence-electron chi connectivity index (χ1n) is 6.03. The number of carbonyl (C=O) groups excluding carboxylic acids is 1. The van der Waals surface area contributed by atoms with E-state index in [9.17, 15) is 4.79 Å². The Bertz CT molecular complexity index is 438. The number of anilines is 1. The molecule has 1 saturated carbocycles. The topological polar surface area (TPSA) is 29.1 Å². The van der Waals surface area contributed by atoms with Gasteiger partial charge in [-0.25, -0.2) is 0 Å². The smallest absolute Gasteiger partial charge is 0.224 e. The molecule has 0 aromatic heterocycles. The summed E-state index contributed by atoms with van der Waals surface area (Å²) in [5.41, 5.74) is 3.54. The highest BCUT2D eigenvalue weighted by Crippen LogP contribution is 2.49. The number of aryl methyl sites for hydroxylation is 2. The molecule has 2 nitrogen and oxygen atoms in total. The molecule has 1 fully saturated rings. The minimum Gasteiger partial charge on any atom is -0.326 e. The highest BCUT2D eigenvalue weighted by Gasteiger charge is 2.42. The molecule has 0 unspecified atom stereocenters. The largest absolute Gasteiger partial charge is 0.326 e. The molecule has 3 heteroatoms. The fraction of sp³-hybridized carbons (Fsp3) is 0.500. The lowest BCUT2D eigenvalue weighted by Gasteiger charge is -2.12. The summed E-state index contributed by atoms with van der Waals surface area (Å²) >= 11 is 4.31. The van der Waals surface area contributed by atoms with E-state index in [0.29, 0.717) is 6.42 Å². The predicted octanol–water partition coefficient (Wildman–Crippen LogP) is 3.34. The van der Waals surface area contributed by atoms with Crippen LogP contribution in [0, 0.1) is 19.3 Å². The molecule has 0 spiro atoms. The number of hydrogen-bond acceptors (Lipinski definition) is 2. The predicted molar refractivity (Wildman–Crippen MR) is 74.7 cm³/mol. The molecule has 0 aliphatic heterocycles. The zero-order valence-electron chi connectivity index (χ0n) is 10.4. The summed E-state index contributed by atoms with van der Waals surface area (Å²) in [6, 6.07) is 6.02. The number of benzene rings is 1. The van der Waals surface area contributed by atoms with Gasteiger partial charge in [0.05, 0.1) is 0 Å². The van der Waals surface area contributed by atoms with Gasteiger partial charge >= 0.3 is 0 Å². The van der Waals surface area contributed by atoms with E-state index < -0.39 is 0 Å². The van der Waals surface area contributed by atoms with Crippen molar-refractivity contribution in [1.29, 1.82) is 0 Å². The van der Waals surface area contributed by atoms with Crippen LogP contribution in [-0.4, -0.2) is 11.7 Å². The Morgan fingerprint density at radius 1 is 1.35 bits per heavy atom. The molecule has 0 radical (unpaired) electrons. The minimum absolute atomic E-state index is 0.111. The van der Waals surface area contributed by atoms with E-state index in [4.69, 9.17) is 0 Å². The Labute approximate surface area is 108 Å². The Kier molecular flexibility index (Phi) is 3.48. The molecule has 1 aromatic carbocycles. The van der Waals surface area contributed by atoms with Gasteiger partial charge in [0.1, 0.15) is 0 Å². The lowest BCUT2D eigenvalue weighted by molar-refractivity contribution is -0.117. The Balaban J connectivity index is 1.96. The molecule has 0 saturated heterocycles. The number of amides is 1. The third-order valence-electron chi connectivity index (χ3n) is 3.62. The van der Waals surface area contributed by atoms with Crippen LogP contribution in [0.3, 0.4) is 0 Å². The average Bonchev–Trinajstić information content (AvgIpc) is 3.04. The highest BCUT2D eigenvalue weighted by molar-refractivity contribution is 7.80. The second-order valence-corrected chi connectivity index (χ2v) is 5.50. The molecule has 0 atom stereocenters. The fourth-order valence-electron chi connectivity index (χ4n) is 1.93. The van der Waals surface area contributed by atoms with Crippen molar-refractivity contribution in [2.24, 2.45) is 5.41 Å². The monoisotopic (exact) mass is 249 g/mol. The van der Waals surface area contributed by atoms with Crippen molar-refractivity contribution >= 4 is 24.2 Å². The molecule has 17 heavy (non-hydrogen) atoms. The van der Waals surface area contributed by atoms with E-state index in [-0.39, 0.29) is 11.3 Å². The van der Waals surface area contributed by atoms with Crippen LogP contribution < -0.4 is 5.32 Å². The summed E-state index contributed by atoms with van der Waals surface area (Å²) in [6.07, 6.45) is 2.87. The fourth-order valence-corrected chi connectivity index (χ4v) is 2.36. The number of hydrogen-bond donors (Lipinski definition) is 2. The Morgan fingerprint density at radius 3 is 2.59 bits per heavy atom. The zero-order chi connectivity index (χ0) is 12.5.